The summed E-state index contributed by atoms with van der Waals surface area (Å²) in [6.45, 7) is 3.61. The maximum absolute atomic E-state index is 14.4. The number of nitrogens with zero attached hydrogens (tertiary/aromatic N) is 1. The number of primary amides is 1. The lowest BCUT2D eigenvalue weighted by Gasteiger charge is -2.36. The van der Waals surface area contributed by atoms with Crippen LogP contribution in [-0.2, 0) is 51.2 Å². The molecule has 8 amide bonds. The number of nitrogens with two attached hydrogens (primary N) is 4. The van der Waals surface area contributed by atoms with E-state index in [2.05, 4.69) is 42.2 Å². The Hall–Kier alpha value is -5.87. The Morgan fingerprint density at radius 2 is 1.29 bits per heavy atom. The molecular weight excluding hydrogens is 913 g/mol. The summed E-state index contributed by atoms with van der Waals surface area (Å²) in [5, 5.41) is 19.2. The number of carbonyl (C=O) groups is 8. The van der Waals surface area contributed by atoms with E-state index < -0.39 is 94.7 Å². The molecule has 68 heavy (non-hydrogen) atoms. The van der Waals surface area contributed by atoms with Crippen LogP contribution in [0.15, 0.2) is 65.7 Å². The van der Waals surface area contributed by atoms with Gasteiger partial charge < -0.3 is 60.2 Å². The number of rotatable bonds is 16. The third-order valence-electron chi connectivity index (χ3n) is 11.5. The number of benzene rings is 2. The molecule has 372 valence electrons. The third-order valence-corrected chi connectivity index (χ3v) is 14.8. The van der Waals surface area contributed by atoms with Crippen LogP contribution in [0.3, 0.4) is 0 Å². The standard InChI is InChI=1S/C46H68N12O8S2/c1-28(2)38-44(66)56-34(25-36(48)59)42(64)57-35(40(62)52-22-21-51-39(61)31(47)17-12-20-53-45(49)50)27-67-68-46(18-10-5-11-19-46)26-37(60)54-32(23-29-13-6-3-7-14-29)41(63)55-33(43(65)58-38)24-30-15-8-4-9-16-30/h3-4,6-9,13-16,28,31-35,38H,5,10-12,17-27,47H2,1-2H3,(H2,48,59)(H,51,61)(H,52,62)(H,54,60)(H,55,63)(H,56,66)(H,57,64)(H,58,65)(H4,49,50,53)/t31-,32+,33-,34-,35-,38-/m0/s1. The van der Waals surface area contributed by atoms with Crippen molar-refractivity contribution in [3.63, 3.8) is 0 Å². The summed E-state index contributed by atoms with van der Waals surface area (Å²) < 4.78 is -0.608. The summed E-state index contributed by atoms with van der Waals surface area (Å²) in [5.74, 6) is -6.05. The van der Waals surface area contributed by atoms with Gasteiger partial charge in [0, 0.05) is 49.4 Å². The fourth-order valence-corrected chi connectivity index (χ4v) is 11.2. The van der Waals surface area contributed by atoms with E-state index in [0.717, 1.165) is 24.8 Å². The number of hydrogen-bond acceptors (Lipinski definition) is 12. The third kappa shape index (κ3) is 18.7. The number of hydrogen-bond donors (Lipinski definition) is 11. The van der Waals surface area contributed by atoms with Crippen molar-refractivity contribution in [3.8, 4) is 0 Å². The molecule has 1 aliphatic carbocycles. The lowest BCUT2D eigenvalue weighted by molar-refractivity contribution is -0.136. The molecule has 2 aromatic carbocycles. The van der Waals surface area contributed by atoms with Gasteiger partial charge in [-0.3, -0.25) is 43.3 Å². The van der Waals surface area contributed by atoms with Crippen molar-refractivity contribution in [1.82, 2.24) is 37.2 Å². The summed E-state index contributed by atoms with van der Waals surface area (Å²) in [5.41, 5.74) is 23.8. The molecule has 2 aliphatic rings. The second-order valence-electron chi connectivity index (χ2n) is 17.5. The molecule has 0 aromatic heterocycles. The van der Waals surface area contributed by atoms with Gasteiger partial charge in [-0.1, -0.05) is 115 Å². The topological polar surface area (TPSA) is 337 Å². The van der Waals surface area contributed by atoms with Gasteiger partial charge in [0.2, 0.25) is 47.3 Å². The lowest BCUT2D eigenvalue weighted by Crippen LogP contribution is -2.61. The number of amides is 8. The van der Waals surface area contributed by atoms with Crippen molar-refractivity contribution in [1.29, 1.82) is 0 Å². The minimum absolute atomic E-state index is 0.00508. The largest absolute Gasteiger partial charge is 0.370 e. The maximum Gasteiger partial charge on any atom is 0.243 e. The van der Waals surface area contributed by atoms with Gasteiger partial charge in [-0.05, 0) is 42.7 Å². The van der Waals surface area contributed by atoms with Crippen molar-refractivity contribution in [2.45, 2.75) is 125 Å². The molecular formula is C46H68N12O8S2. The first kappa shape index (κ1) is 54.7. The van der Waals surface area contributed by atoms with Crippen LogP contribution in [0.4, 0.5) is 0 Å². The zero-order valence-electron chi connectivity index (χ0n) is 38.8. The van der Waals surface area contributed by atoms with E-state index in [-0.39, 0.29) is 50.0 Å². The highest BCUT2D eigenvalue weighted by Gasteiger charge is 2.39. The normalized spacial score (nSPS) is 22.5. The molecule has 4 rings (SSSR count). The Kier molecular flexibility index (Phi) is 22.4. The highest BCUT2D eigenvalue weighted by atomic mass is 33.1. The first-order valence-corrected chi connectivity index (χ1v) is 25.3. The summed E-state index contributed by atoms with van der Waals surface area (Å²) in [6, 6.07) is 10.9. The van der Waals surface area contributed by atoms with E-state index >= 15 is 0 Å². The number of guanidine groups is 1. The monoisotopic (exact) mass is 980 g/mol. The van der Waals surface area contributed by atoms with E-state index in [0.29, 0.717) is 37.8 Å². The van der Waals surface area contributed by atoms with Gasteiger partial charge in [-0.2, -0.15) is 0 Å². The average molecular weight is 981 g/mol. The Labute approximate surface area is 405 Å². The zero-order valence-corrected chi connectivity index (χ0v) is 40.4. The van der Waals surface area contributed by atoms with E-state index in [1.807, 2.05) is 36.4 Å². The van der Waals surface area contributed by atoms with Gasteiger partial charge in [0.15, 0.2) is 5.96 Å². The molecule has 0 bridgehead atoms. The first-order chi connectivity index (χ1) is 32.4. The number of aliphatic imine (C=N–C) groups is 1. The van der Waals surface area contributed by atoms with E-state index in [1.165, 1.54) is 21.6 Å². The lowest BCUT2D eigenvalue weighted by atomic mass is 9.85. The minimum Gasteiger partial charge on any atom is -0.370 e. The summed E-state index contributed by atoms with van der Waals surface area (Å²) in [7, 11) is 2.70. The quantitative estimate of drug-likeness (QED) is 0.0439. The van der Waals surface area contributed by atoms with Crippen molar-refractivity contribution >= 4 is 74.8 Å². The van der Waals surface area contributed by atoms with Gasteiger partial charge >= 0.3 is 0 Å². The smallest absolute Gasteiger partial charge is 0.243 e. The Morgan fingerprint density at radius 1 is 0.735 bits per heavy atom. The van der Waals surface area contributed by atoms with Crippen LogP contribution in [0.1, 0.15) is 82.8 Å². The van der Waals surface area contributed by atoms with Gasteiger partial charge in [-0.25, -0.2) is 0 Å². The van der Waals surface area contributed by atoms with Crippen LogP contribution in [0, 0.1) is 5.92 Å². The second kappa shape index (κ2) is 27.8. The van der Waals surface area contributed by atoms with Crippen LogP contribution >= 0.6 is 21.6 Å². The molecule has 1 aliphatic heterocycles. The summed E-state index contributed by atoms with van der Waals surface area (Å²) >= 11 is 0. The Morgan fingerprint density at radius 3 is 1.88 bits per heavy atom. The average Bonchev–Trinajstić information content (AvgIpc) is 3.29. The van der Waals surface area contributed by atoms with Gasteiger partial charge in [-0.15, -0.1) is 0 Å². The summed E-state index contributed by atoms with van der Waals surface area (Å²) in [6.07, 6.45) is 4.30. The van der Waals surface area contributed by atoms with Crippen molar-refractivity contribution in [2.24, 2.45) is 33.8 Å². The zero-order chi connectivity index (χ0) is 49.6. The molecule has 6 atom stereocenters. The predicted molar refractivity (Wildman–Crippen MR) is 263 cm³/mol. The van der Waals surface area contributed by atoms with Crippen molar-refractivity contribution in [2.75, 3.05) is 25.4 Å². The van der Waals surface area contributed by atoms with Crippen LogP contribution in [-0.4, -0.2) is 120 Å². The Bertz CT molecular complexity index is 2060. The van der Waals surface area contributed by atoms with Gasteiger partial charge in [0.05, 0.1) is 12.5 Å². The molecule has 22 heteroatoms. The number of carbonyl (C=O) groups excluding carboxylic acids is 8. The maximum atomic E-state index is 14.4. The van der Waals surface area contributed by atoms with E-state index in [9.17, 15) is 38.4 Å². The van der Waals surface area contributed by atoms with Crippen LogP contribution in [0.25, 0.3) is 0 Å². The molecule has 15 N–H and O–H groups in total. The molecule has 1 heterocycles. The highest BCUT2D eigenvalue weighted by molar-refractivity contribution is 8.77. The minimum atomic E-state index is -1.56. The van der Waals surface area contributed by atoms with Crippen LogP contribution in [0.2, 0.25) is 0 Å². The predicted octanol–water partition coefficient (Wildman–Crippen LogP) is -0.472. The molecule has 0 radical (unpaired) electrons. The van der Waals surface area contributed by atoms with Crippen LogP contribution in [0.5, 0.6) is 0 Å². The van der Waals surface area contributed by atoms with Crippen LogP contribution < -0.4 is 60.2 Å². The van der Waals surface area contributed by atoms with Crippen molar-refractivity contribution in [3.05, 3.63) is 71.8 Å². The first-order valence-electron chi connectivity index (χ1n) is 23.0. The molecule has 20 nitrogen and oxygen atoms in total. The van der Waals surface area contributed by atoms with Crippen molar-refractivity contribution < 1.29 is 38.4 Å². The Balaban J connectivity index is 1.65. The number of nitrogens with one attached hydrogen (secondary N) is 7. The summed E-state index contributed by atoms with van der Waals surface area (Å²) in [4.78, 5) is 114. The molecule has 1 saturated carbocycles. The molecule has 2 fully saturated rings. The molecule has 2 aromatic rings. The van der Waals surface area contributed by atoms with E-state index in [4.69, 9.17) is 22.9 Å². The van der Waals surface area contributed by atoms with E-state index in [1.54, 1.807) is 38.1 Å². The molecule has 0 unspecified atom stereocenters. The molecule has 1 saturated heterocycles. The fourth-order valence-electron chi connectivity index (χ4n) is 7.83. The van der Waals surface area contributed by atoms with Gasteiger partial charge in [0.25, 0.3) is 0 Å². The highest BCUT2D eigenvalue weighted by Crippen LogP contribution is 2.48. The second-order valence-corrected chi connectivity index (χ2v) is 20.3. The SMILES string of the molecule is CC(C)[C@@H]1NC(=O)[C@H](Cc2ccccc2)NC(=O)[C@@H](Cc2ccccc2)NC(=O)CC2(CCCCC2)SSC[C@@H](C(=O)NCCNC(=O)[C@@H](N)CCCN=C(N)N)NC(=O)[C@H](CC(N)=O)NC1=O. The fraction of sp³-hybridized carbons (Fsp3) is 0.543. The van der Waals surface area contributed by atoms with Gasteiger partial charge in [0.1, 0.15) is 30.2 Å². The molecule has 1 spiro atoms.